The first-order valence-corrected chi connectivity index (χ1v) is 6.48. The first-order chi connectivity index (χ1) is 7.53. The summed E-state index contributed by atoms with van der Waals surface area (Å²) in [5.74, 6) is 0. The van der Waals surface area contributed by atoms with Crippen LogP contribution < -0.4 is 5.73 Å². The van der Waals surface area contributed by atoms with Crippen molar-refractivity contribution in [2.75, 3.05) is 18.9 Å². The van der Waals surface area contributed by atoms with Crippen LogP contribution in [0.1, 0.15) is 12.0 Å². The molecule has 5 nitrogen and oxygen atoms in total. The van der Waals surface area contributed by atoms with Gasteiger partial charge in [-0.2, -0.15) is 0 Å². The maximum Gasteiger partial charge on any atom is 0.265 e. The summed E-state index contributed by atoms with van der Waals surface area (Å²) in [6.45, 7) is 2.54. The molecule has 1 saturated heterocycles. The summed E-state index contributed by atoms with van der Waals surface area (Å²) in [7, 11) is -3.56. The van der Waals surface area contributed by atoms with E-state index in [-0.39, 0.29) is 4.90 Å². The third kappa shape index (κ3) is 1.79. The van der Waals surface area contributed by atoms with Gasteiger partial charge in [0.05, 0.1) is 11.5 Å². The lowest BCUT2D eigenvalue weighted by Gasteiger charge is -2.16. The van der Waals surface area contributed by atoms with Crippen molar-refractivity contribution in [1.29, 1.82) is 0 Å². The van der Waals surface area contributed by atoms with Crippen molar-refractivity contribution < 1.29 is 13.3 Å². The molecule has 0 radical (unpaired) electrons. The van der Waals surface area contributed by atoms with E-state index in [0.29, 0.717) is 24.4 Å². The number of nitrogen functional groups attached to an aromatic ring is 1. The molecule has 2 rings (SSSR count). The number of nitrogens with two attached hydrogens (primary N) is 1. The Morgan fingerprint density at radius 2 is 2.19 bits per heavy atom. The van der Waals surface area contributed by atoms with Gasteiger partial charge in [-0.25, -0.2) is 8.42 Å². The fourth-order valence-electron chi connectivity index (χ4n) is 1.63. The molecule has 6 heteroatoms. The van der Waals surface area contributed by atoms with Crippen molar-refractivity contribution in [1.82, 2.24) is 4.47 Å². The molecule has 0 amide bonds. The smallest absolute Gasteiger partial charge is 0.265 e. The van der Waals surface area contributed by atoms with Crippen LogP contribution in [0.4, 0.5) is 5.69 Å². The number of hydrogen-bond acceptors (Lipinski definition) is 4. The molecule has 0 aromatic heterocycles. The fraction of sp³-hybridized carbons (Fsp3) is 0.400. The zero-order chi connectivity index (χ0) is 11.8. The highest BCUT2D eigenvalue weighted by molar-refractivity contribution is 7.89. The molecule has 0 aliphatic carbocycles. The highest BCUT2D eigenvalue weighted by Crippen LogP contribution is 2.25. The Labute approximate surface area is 94.8 Å². The van der Waals surface area contributed by atoms with Crippen molar-refractivity contribution in [3.63, 3.8) is 0 Å². The summed E-state index contributed by atoms with van der Waals surface area (Å²) in [5.41, 5.74) is 6.73. The molecule has 0 unspecified atom stereocenters. The Kier molecular flexibility index (Phi) is 2.88. The zero-order valence-electron chi connectivity index (χ0n) is 9.01. The van der Waals surface area contributed by atoms with Crippen molar-refractivity contribution >= 4 is 15.7 Å². The van der Waals surface area contributed by atoms with E-state index in [1.165, 1.54) is 0 Å². The molecule has 2 N–H and O–H groups in total. The number of hydroxylamine groups is 1. The van der Waals surface area contributed by atoms with Gasteiger partial charge in [0.1, 0.15) is 0 Å². The second-order valence-electron chi connectivity index (χ2n) is 3.69. The molecule has 16 heavy (non-hydrogen) atoms. The van der Waals surface area contributed by atoms with Gasteiger partial charge in [0.25, 0.3) is 10.0 Å². The fourth-order valence-corrected chi connectivity index (χ4v) is 3.19. The molecule has 0 spiro atoms. The molecule has 1 aliphatic rings. The van der Waals surface area contributed by atoms with Crippen LogP contribution in [0, 0.1) is 6.92 Å². The molecule has 88 valence electrons. The van der Waals surface area contributed by atoms with Gasteiger partial charge in [-0.1, -0.05) is 10.5 Å². The first-order valence-electron chi connectivity index (χ1n) is 5.04. The van der Waals surface area contributed by atoms with Crippen LogP contribution >= 0.6 is 0 Å². The monoisotopic (exact) mass is 242 g/mol. The van der Waals surface area contributed by atoms with Crippen LogP contribution in [0.5, 0.6) is 0 Å². The number of nitrogens with zero attached hydrogens (tertiary/aromatic N) is 1. The zero-order valence-corrected chi connectivity index (χ0v) is 9.83. The molecule has 1 aliphatic heterocycles. The molecular weight excluding hydrogens is 228 g/mol. The summed E-state index contributed by atoms with van der Waals surface area (Å²) < 4.78 is 25.3. The van der Waals surface area contributed by atoms with Gasteiger partial charge < -0.3 is 5.73 Å². The predicted octanol–water partition coefficient (Wildman–Crippen LogP) is 0.903. The van der Waals surface area contributed by atoms with E-state index in [9.17, 15) is 8.42 Å². The lowest BCUT2D eigenvalue weighted by Crippen LogP contribution is -2.27. The molecule has 1 fully saturated rings. The van der Waals surface area contributed by atoms with Crippen LogP contribution in [0.3, 0.4) is 0 Å². The van der Waals surface area contributed by atoms with Crippen LogP contribution in [0.2, 0.25) is 0 Å². The van der Waals surface area contributed by atoms with Crippen molar-refractivity contribution in [3.8, 4) is 0 Å². The van der Waals surface area contributed by atoms with E-state index in [0.717, 1.165) is 10.9 Å². The number of benzene rings is 1. The number of hydrogen-bond donors (Lipinski definition) is 1. The Morgan fingerprint density at radius 1 is 1.44 bits per heavy atom. The quantitative estimate of drug-likeness (QED) is 0.782. The number of rotatable bonds is 2. The van der Waals surface area contributed by atoms with E-state index < -0.39 is 10.0 Å². The molecule has 1 aromatic rings. The molecule has 0 saturated carbocycles. The molecule has 1 heterocycles. The minimum atomic E-state index is -3.56. The van der Waals surface area contributed by atoms with Crippen molar-refractivity contribution in [3.05, 3.63) is 23.8 Å². The summed E-state index contributed by atoms with van der Waals surface area (Å²) >= 11 is 0. The van der Waals surface area contributed by atoms with Gasteiger partial charge in [0.2, 0.25) is 0 Å². The summed E-state index contributed by atoms with van der Waals surface area (Å²) in [5, 5.41) is 0. The third-order valence-electron chi connectivity index (χ3n) is 2.59. The second-order valence-corrected chi connectivity index (χ2v) is 5.49. The van der Waals surface area contributed by atoms with Crippen molar-refractivity contribution in [2.24, 2.45) is 0 Å². The van der Waals surface area contributed by atoms with Crippen molar-refractivity contribution in [2.45, 2.75) is 18.2 Å². The Bertz CT molecular complexity index is 493. The van der Waals surface area contributed by atoms with Gasteiger partial charge in [-0.05, 0) is 31.0 Å². The van der Waals surface area contributed by atoms with E-state index in [1.54, 1.807) is 25.1 Å². The topological polar surface area (TPSA) is 72.6 Å². The summed E-state index contributed by atoms with van der Waals surface area (Å²) in [4.78, 5) is 5.29. The summed E-state index contributed by atoms with van der Waals surface area (Å²) in [6.07, 6.45) is 0.723. The molecule has 1 aromatic carbocycles. The maximum absolute atomic E-state index is 12.2. The van der Waals surface area contributed by atoms with Crippen LogP contribution in [0.15, 0.2) is 23.1 Å². The average Bonchev–Trinajstić information content (AvgIpc) is 2.75. The lowest BCUT2D eigenvalue weighted by atomic mass is 10.2. The Morgan fingerprint density at radius 3 is 2.81 bits per heavy atom. The largest absolute Gasteiger partial charge is 0.398 e. The first kappa shape index (κ1) is 11.4. The minimum absolute atomic E-state index is 0.217. The number of sulfonamides is 1. The molecular formula is C10H14N2O3S. The third-order valence-corrected chi connectivity index (χ3v) is 4.41. The van der Waals surface area contributed by atoms with Crippen LogP contribution in [0.25, 0.3) is 0 Å². The second kappa shape index (κ2) is 4.04. The van der Waals surface area contributed by atoms with Gasteiger partial charge >= 0.3 is 0 Å². The van der Waals surface area contributed by atoms with E-state index in [4.69, 9.17) is 10.6 Å². The van der Waals surface area contributed by atoms with E-state index in [1.807, 2.05) is 0 Å². The van der Waals surface area contributed by atoms with Gasteiger partial charge in [0, 0.05) is 12.2 Å². The maximum atomic E-state index is 12.2. The molecule has 0 bridgehead atoms. The van der Waals surface area contributed by atoms with Gasteiger partial charge in [0.15, 0.2) is 0 Å². The number of anilines is 1. The standard InChI is InChI=1S/C10H14N2O3S/c1-8-9(11)4-2-5-10(8)16(13,14)12-6-3-7-15-12/h2,4-5H,3,6-7,11H2,1H3. The highest BCUT2D eigenvalue weighted by atomic mass is 32.2. The minimum Gasteiger partial charge on any atom is -0.398 e. The highest BCUT2D eigenvalue weighted by Gasteiger charge is 2.30. The SMILES string of the molecule is Cc1c(N)cccc1S(=O)(=O)N1CCCO1. The van der Waals surface area contributed by atoms with Crippen LogP contribution in [-0.4, -0.2) is 26.0 Å². The molecule has 0 atom stereocenters. The van der Waals surface area contributed by atoms with E-state index >= 15 is 0 Å². The van der Waals surface area contributed by atoms with Crippen LogP contribution in [-0.2, 0) is 14.9 Å². The lowest BCUT2D eigenvalue weighted by molar-refractivity contribution is -0.0284. The Hall–Kier alpha value is -1.11. The van der Waals surface area contributed by atoms with E-state index in [2.05, 4.69) is 0 Å². The van der Waals surface area contributed by atoms with Gasteiger partial charge in [-0.3, -0.25) is 4.84 Å². The van der Waals surface area contributed by atoms with Gasteiger partial charge in [-0.15, -0.1) is 0 Å². The summed E-state index contributed by atoms with van der Waals surface area (Å²) in [6, 6.07) is 4.85. The predicted molar refractivity (Wildman–Crippen MR) is 60.1 cm³/mol. The average molecular weight is 242 g/mol. The Balaban J connectivity index is 2.47. The normalized spacial score (nSPS) is 17.8.